The molecule has 2 aromatic rings. The lowest BCUT2D eigenvalue weighted by molar-refractivity contribution is 0.387. The first-order valence-electron chi connectivity index (χ1n) is 7.03. The van der Waals surface area contributed by atoms with Crippen LogP contribution in [0.25, 0.3) is 11.1 Å². The van der Waals surface area contributed by atoms with E-state index in [1.807, 2.05) is 18.2 Å². The molecule has 1 saturated carbocycles. The normalized spacial score (nSPS) is 14.2. The Hall–Kier alpha value is -1.58. The number of benzene rings is 2. The Morgan fingerprint density at radius 1 is 1.29 bits per heavy atom. The maximum absolute atomic E-state index is 14.3. The van der Waals surface area contributed by atoms with Crippen LogP contribution in [-0.2, 0) is 6.54 Å². The van der Waals surface area contributed by atoms with E-state index >= 15 is 0 Å². The minimum Gasteiger partial charge on any atom is -0.494 e. The first-order chi connectivity index (χ1) is 10.2. The summed E-state index contributed by atoms with van der Waals surface area (Å²) in [6.07, 6.45) is 2.48. The number of halogens is 2. The minimum absolute atomic E-state index is 0.239. The molecular formula is C17H17ClFNO. The van der Waals surface area contributed by atoms with E-state index in [1.54, 1.807) is 18.2 Å². The quantitative estimate of drug-likeness (QED) is 0.883. The van der Waals surface area contributed by atoms with Crippen molar-refractivity contribution in [2.45, 2.75) is 25.4 Å². The van der Waals surface area contributed by atoms with Gasteiger partial charge in [-0.05, 0) is 36.1 Å². The molecule has 0 bridgehead atoms. The van der Waals surface area contributed by atoms with Crippen LogP contribution in [0.15, 0.2) is 36.4 Å². The summed E-state index contributed by atoms with van der Waals surface area (Å²) in [6.45, 7) is 0.754. The molecular weight excluding hydrogens is 289 g/mol. The van der Waals surface area contributed by atoms with Crippen molar-refractivity contribution in [2.75, 3.05) is 7.11 Å². The molecule has 0 heterocycles. The summed E-state index contributed by atoms with van der Waals surface area (Å²) in [5, 5.41) is 4.08. The lowest BCUT2D eigenvalue weighted by Crippen LogP contribution is -2.15. The molecule has 1 aliphatic rings. The molecule has 0 saturated heterocycles. The SMILES string of the molecule is COc1cccc(-c2ccc(CNC3CC3)c(Cl)c2)c1F. The highest BCUT2D eigenvalue weighted by molar-refractivity contribution is 6.31. The monoisotopic (exact) mass is 305 g/mol. The fourth-order valence-corrected chi connectivity index (χ4v) is 2.54. The number of rotatable bonds is 5. The maximum Gasteiger partial charge on any atom is 0.172 e. The fraction of sp³-hybridized carbons (Fsp3) is 0.294. The van der Waals surface area contributed by atoms with Gasteiger partial charge in [0, 0.05) is 23.2 Å². The second kappa shape index (κ2) is 6.04. The first kappa shape index (κ1) is 14.4. The number of hydrogen-bond acceptors (Lipinski definition) is 2. The summed E-state index contributed by atoms with van der Waals surface area (Å²) >= 11 is 6.32. The molecule has 1 aliphatic carbocycles. The van der Waals surface area contributed by atoms with Crippen LogP contribution in [0.3, 0.4) is 0 Å². The highest BCUT2D eigenvalue weighted by Crippen LogP contribution is 2.31. The van der Waals surface area contributed by atoms with E-state index in [9.17, 15) is 4.39 Å². The molecule has 4 heteroatoms. The molecule has 0 radical (unpaired) electrons. The lowest BCUT2D eigenvalue weighted by Gasteiger charge is -2.10. The van der Waals surface area contributed by atoms with E-state index in [2.05, 4.69) is 5.32 Å². The Morgan fingerprint density at radius 2 is 2.10 bits per heavy atom. The second-order valence-corrected chi connectivity index (χ2v) is 5.69. The number of ether oxygens (including phenoxy) is 1. The van der Waals surface area contributed by atoms with Gasteiger partial charge in [0.1, 0.15) is 0 Å². The summed E-state index contributed by atoms with van der Waals surface area (Å²) < 4.78 is 19.3. The predicted octanol–water partition coefficient (Wildman–Crippen LogP) is 4.41. The van der Waals surface area contributed by atoms with E-state index < -0.39 is 0 Å². The molecule has 0 aliphatic heterocycles. The lowest BCUT2D eigenvalue weighted by atomic mass is 10.0. The van der Waals surface area contributed by atoms with E-state index in [0.717, 1.165) is 17.7 Å². The van der Waals surface area contributed by atoms with Crippen molar-refractivity contribution in [3.8, 4) is 16.9 Å². The predicted molar refractivity (Wildman–Crippen MR) is 83.3 cm³/mol. The van der Waals surface area contributed by atoms with Crippen molar-refractivity contribution in [1.82, 2.24) is 5.32 Å². The molecule has 0 amide bonds. The van der Waals surface area contributed by atoms with Gasteiger partial charge in [-0.3, -0.25) is 0 Å². The van der Waals surface area contributed by atoms with Gasteiger partial charge >= 0.3 is 0 Å². The molecule has 0 unspecified atom stereocenters. The highest BCUT2D eigenvalue weighted by Gasteiger charge is 2.20. The van der Waals surface area contributed by atoms with Crippen molar-refractivity contribution >= 4 is 11.6 Å². The summed E-state index contributed by atoms with van der Waals surface area (Å²) in [5.74, 6) is -0.122. The van der Waals surface area contributed by atoms with Crippen molar-refractivity contribution in [1.29, 1.82) is 0 Å². The smallest absolute Gasteiger partial charge is 0.172 e. The fourth-order valence-electron chi connectivity index (χ4n) is 2.29. The third-order valence-corrected chi connectivity index (χ3v) is 4.06. The van der Waals surface area contributed by atoms with Crippen molar-refractivity contribution in [2.24, 2.45) is 0 Å². The van der Waals surface area contributed by atoms with Gasteiger partial charge in [0.05, 0.1) is 7.11 Å². The van der Waals surface area contributed by atoms with Gasteiger partial charge in [0.15, 0.2) is 11.6 Å². The highest BCUT2D eigenvalue weighted by atomic mass is 35.5. The topological polar surface area (TPSA) is 21.3 Å². The van der Waals surface area contributed by atoms with Crippen LogP contribution in [0.5, 0.6) is 5.75 Å². The Morgan fingerprint density at radius 3 is 2.76 bits per heavy atom. The molecule has 0 spiro atoms. The number of methoxy groups -OCH3 is 1. The van der Waals surface area contributed by atoms with Crippen LogP contribution in [0.1, 0.15) is 18.4 Å². The van der Waals surface area contributed by atoms with Crippen LogP contribution in [0.2, 0.25) is 5.02 Å². The van der Waals surface area contributed by atoms with E-state index in [1.165, 1.54) is 20.0 Å². The van der Waals surface area contributed by atoms with Crippen molar-refractivity contribution in [3.05, 3.63) is 52.8 Å². The molecule has 0 aromatic heterocycles. The molecule has 1 fully saturated rings. The van der Waals surface area contributed by atoms with Gasteiger partial charge in [-0.2, -0.15) is 0 Å². The van der Waals surface area contributed by atoms with Crippen LogP contribution < -0.4 is 10.1 Å². The molecule has 2 nitrogen and oxygen atoms in total. The molecule has 3 rings (SSSR count). The minimum atomic E-state index is -0.361. The zero-order chi connectivity index (χ0) is 14.8. The first-order valence-corrected chi connectivity index (χ1v) is 7.41. The van der Waals surface area contributed by atoms with Crippen LogP contribution >= 0.6 is 11.6 Å². The summed E-state index contributed by atoms with van der Waals surface area (Å²) in [4.78, 5) is 0. The number of hydrogen-bond donors (Lipinski definition) is 1. The molecule has 21 heavy (non-hydrogen) atoms. The summed E-state index contributed by atoms with van der Waals surface area (Å²) in [6, 6.07) is 11.4. The molecule has 110 valence electrons. The maximum atomic E-state index is 14.3. The Kier molecular flexibility index (Phi) is 4.13. The molecule has 2 aromatic carbocycles. The zero-order valence-corrected chi connectivity index (χ0v) is 12.6. The number of nitrogens with one attached hydrogen (secondary N) is 1. The van der Waals surface area contributed by atoms with Crippen molar-refractivity contribution < 1.29 is 9.13 Å². The van der Waals surface area contributed by atoms with Gasteiger partial charge in [-0.15, -0.1) is 0 Å². The van der Waals surface area contributed by atoms with Gasteiger partial charge < -0.3 is 10.1 Å². The Balaban J connectivity index is 1.87. The van der Waals surface area contributed by atoms with Gasteiger partial charge in [0.2, 0.25) is 0 Å². The van der Waals surface area contributed by atoms with Gasteiger partial charge in [0.25, 0.3) is 0 Å². The molecule has 1 N–H and O–H groups in total. The summed E-state index contributed by atoms with van der Waals surface area (Å²) in [7, 11) is 1.46. The Bertz CT molecular complexity index is 655. The zero-order valence-electron chi connectivity index (χ0n) is 11.8. The van der Waals surface area contributed by atoms with Crippen LogP contribution in [0, 0.1) is 5.82 Å². The molecule has 0 atom stereocenters. The van der Waals surface area contributed by atoms with Crippen LogP contribution in [0.4, 0.5) is 4.39 Å². The van der Waals surface area contributed by atoms with E-state index in [4.69, 9.17) is 16.3 Å². The summed E-state index contributed by atoms with van der Waals surface area (Å²) in [5.41, 5.74) is 2.29. The van der Waals surface area contributed by atoms with E-state index in [0.29, 0.717) is 16.6 Å². The average Bonchev–Trinajstić information content (AvgIpc) is 3.30. The second-order valence-electron chi connectivity index (χ2n) is 5.28. The third-order valence-electron chi connectivity index (χ3n) is 3.71. The van der Waals surface area contributed by atoms with Crippen LogP contribution in [-0.4, -0.2) is 13.2 Å². The Labute approximate surface area is 128 Å². The van der Waals surface area contributed by atoms with E-state index in [-0.39, 0.29) is 11.6 Å². The standard InChI is InChI=1S/C17H17ClFNO/c1-21-16-4-2-3-14(17(16)19)11-5-6-12(15(18)9-11)10-20-13-7-8-13/h2-6,9,13,20H,7-8,10H2,1H3. The van der Waals surface area contributed by atoms with Gasteiger partial charge in [-0.1, -0.05) is 35.9 Å². The third kappa shape index (κ3) is 3.20. The van der Waals surface area contributed by atoms with Crippen molar-refractivity contribution in [3.63, 3.8) is 0 Å². The average molecular weight is 306 g/mol. The van der Waals surface area contributed by atoms with Gasteiger partial charge in [-0.25, -0.2) is 4.39 Å². The largest absolute Gasteiger partial charge is 0.494 e.